The van der Waals surface area contributed by atoms with Gasteiger partial charge in [-0.25, -0.2) is 0 Å². The Hall–Kier alpha value is -1.82. The van der Waals surface area contributed by atoms with Gasteiger partial charge in [-0.15, -0.1) is 0 Å². The highest BCUT2D eigenvalue weighted by molar-refractivity contribution is 5.76. The Bertz CT molecular complexity index is 472. The number of carbonyl (C=O) groups excluding carboxylic acids is 1. The van der Waals surface area contributed by atoms with Crippen molar-refractivity contribution in [3.8, 4) is 6.07 Å². The van der Waals surface area contributed by atoms with Crippen molar-refractivity contribution in [2.24, 2.45) is 5.92 Å². The van der Waals surface area contributed by atoms with Gasteiger partial charge in [0.2, 0.25) is 5.91 Å². The summed E-state index contributed by atoms with van der Waals surface area (Å²) >= 11 is 0. The Morgan fingerprint density at radius 3 is 2.57 bits per heavy atom. The molecule has 1 fully saturated rings. The van der Waals surface area contributed by atoms with Crippen LogP contribution in [0.3, 0.4) is 0 Å². The van der Waals surface area contributed by atoms with Gasteiger partial charge in [-0.3, -0.25) is 4.79 Å². The van der Waals surface area contributed by atoms with Crippen molar-refractivity contribution in [1.29, 1.82) is 5.26 Å². The first-order valence-electron chi connectivity index (χ1n) is 7.98. The summed E-state index contributed by atoms with van der Waals surface area (Å²) in [6.45, 7) is 1.28. The number of rotatable bonds is 7. The van der Waals surface area contributed by atoms with Gasteiger partial charge in [0.05, 0.1) is 12.5 Å². The Balaban J connectivity index is 1.86. The Morgan fingerprint density at radius 2 is 1.90 bits per heavy atom. The second-order valence-electron chi connectivity index (χ2n) is 5.88. The molecule has 0 aliphatic heterocycles. The molecule has 1 aromatic carbocycles. The third kappa shape index (κ3) is 5.23. The third-order valence-electron chi connectivity index (χ3n) is 4.30. The van der Waals surface area contributed by atoms with Crippen molar-refractivity contribution < 1.29 is 4.79 Å². The number of nitriles is 1. The molecular weight excluding hydrogens is 260 g/mol. The van der Waals surface area contributed by atoms with Gasteiger partial charge in [0.15, 0.2) is 0 Å². The first kappa shape index (κ1) is 15.6. The maximum atomic E-state index is 12.4. The molecule has 3 heteroatoms. The lowest BCUT2D eigenvalue weighted by Crippen LogP contribution is -2.34. The van der Waals surface area contributed by atoms with Crippen LogP contribution in [0.5, 0.6) is 0 Å². The van der Waals surface area contributed by atoms with E-state index in [-0.39, 0.29) is 5.91 Å². The van der Waals surface area contributed by atoms with Crippen LogP contribution in [0, 0.1) is 17.2 Å². The van der Waals surface area contributed by atoms with Crippen molar-refractivity contribution in [2.75, 3.05) is 13.1 Å². The number of hydrogen-bond acceptors (Lipinski definition) is 2. The molecule has 0 heterocycles. The minimum atomic E-state index is 0.230. The minimum Gasteiger partial charge on any atom is -0.341 e. The number of hydrogen-bond donors (Lipinski definition) is 0. The minimum absolute atomic E-state index is 0.230. The fourth-order valence-electron chi connectivity index (χ4n) is 3.05. The summed E-state index contributed by atoms with van der Waals surface area (Å²) in [5.74, 6) is 0.798. The van der Waals surface area contributed by atoms with Crippen molar-refractivity contribution in [2.45, 2.75) is 44.9 Å². The van der Waals surface area contributed by atoms with Crippen LogP contribution in [0.15, 0.2) is 30.3 Å². The third-order valence-corrected chi connectivity index (χ3v) is 4.30. The van der Waals surface area contributed by atoms with Crippen LogP contribution < -0.4 is 0 Å². The maximum absolute atomic E-state index is 12.4. The van der Waals surface area contributed by atoms with E-state index in [2.05, 4.69) is 18.2 Å². The fraction of sp³-hybridized carbons (Fsp3) is 0.556. The molecule has 1 aromatic rings. The van der Waals surface area contributed by atoms with Gasteiger partial charge in [-0.1, -0.05) is 43.2 Å². The average molecular weight is 284 g/mol. The zero-order valence-electron chi connectivity index (χ0n) is 12.6. The Labute approximate surface area is 127 Å². The van der Waals surface area contributed by atoms with Crippen LogP contribution in [-0.4, -0.2) is 23.9 Å². The van der Waals surface area contributed by atoms with Gasteiger partial charge in [-0.2, -0.15) is 5.26 Å². The van der Waals surface area contributed by atoms with E-state index in [1.54, 1.807) is 0 Å². The van der Waals surface area contributed by atoms with Crippen LogP contribution in [0.1, 0.15) is 44.1 Å². The molecule has 1 aliphatic rings. The van der Waals surface area contributed by atoms with Gasteiger partial charge in [0, 0.05) is 19.5 Å². The Morgan fingerprint density at radius 1 is 1.19 bits per heavy atom. The second-order valence-corrected chi connectivity index (χ2v) is 5.88. The molecule has 112 valence electrons. The number of carbonyl (C=O) groups is 1. The monoisotopic (exact) mass is 284 g/mol. The lowest BCUT2D eigenvalue weighted by atomic mass is 10.0. The molecule has 21 heavy (non-hydrogen) atoms. The molecule has 0 saturated heterocycles. The number of nitrogens with zero attached hydrogens (tertiary/aromatic N) is 2. The molecule has 0 bridgehead atoms. The fourth-order valence-corrected chi connectivity index (χ4v) is 3.05. The molecule has 3 nitrogen and oxygen atoms in total. The van der Waals surface area contributed by atoms with Gasteiger partial charge >= 0.3 is 0 Å². The van der Waals surface area contributed by atoms with Gasteiger partial charge in [0.25, 0.3) is 0 Å². The predicted molar refractivity (Wildman–Crippen MR) is 83.5 cm³/mol. The van der Waals surface area contributed by atoms with Gasteiger partial charge in [-0.05, 0) is 30.7 Å². The molecule has 1 amide bonds. The average Bonchev–Trinajstić information content (AvgIpc) is 3.01. The highest BCUT2D eigenvalue weighted by Gasteiger charge is 2.21. The van der Waals surface area contributed by atoms with Crippen molar-refractivity contribution in [3.05, 3.63) is 35.9 Å². The highest BCUT2D eigenvalue weighted by Crippen LogP contribution is 2.28. The molecule has 0 atom stereocenters. The number of amides is 1. The van der Waals surface area contributed by atoms with Gasteiger partial charge in [0.1, 0.15) is 0 Å². The summed E-state index contributed by atoms with van der Waals surface area (Å²) in [6.07, 6.45) is 6.86. The largest absolute Gasteiger partial charge is 0.341 e. The first-order chi connectivity index (χ1) is 10.3. The van der Waals surface area contributed by atoms with E-state index in [1.165, 1.54) is 31.2 Å². The summed E-state index contributed by atoms with van der Waals surface area (Å²) in [7, 11) is 0. The smallest absolute Gasteiger partial charge is 0.222 e. The van der Waals surface area contributed by atoms with E-state index in [0.717, 1.165) is 13.0 Å². The van der Waals surface area contributed by atoms with Crippen LogP contribution in [0.2, 0.25) is 0 Å². The molecule has 0 spiro atoms. The molecule has 0 radical (unpaired) electrons. The van der Waals surface area contributed by atoms with Crippen LogP contribution in [-0.2, 0) is 11.2 Å². The molecular formula is C18H24N2O. The van der Waals surface area contributed by atoms with Crippen LogP contribution in [0.4, 0.5) is 0 Å². The second kappa shape index (κ2) is 8.46. The molecule has 0 N–H and O–H groups in total. The lowest BCUT2D eigenvalue weighted by molar-refractivity contribution is -0.132. The van der Waals surface area contributed by atoms with E-state index in [0.29, 0.717) is 25.3 Å². The van der Waals surface area contributed by atoms with E-state index in [9.17, 15) is 4.79 Å². The number of benzene rings is 1. The summed E-state index contributed by atoms with van der Waals surface area (Å²) < 4.78 is 0. The van der Waals surface area contributed by atoms with Crippen molar-refractivity contribution in [3.63, 3.8) is 0 Å². The van der Waals surface area contributed by atoms with Crippen molar-refractivity contribution in [1.82, 2.24) is 4.90 Å². The highest BCUT2D eigenvalue weighted by atomic mass is 16.2. The van der Waals surface area contributed by atoms with Gasteiger partial charge < -0.3 is 4.90 Å². The maximum Gasteiger partial charge on any atom is 0.222 e. The first-order valence-corrected chi connectivity index (χ1v) is 7.98. The lowest BCUT2D eigenvalue weighted by Gasteiger charge is -2.23. The molecule has 0 aromatic heterocycles. The molecule has 2 rings (SSSR count). The standard InChI is InChI=1S/C18H24N2O/c19-12-6-13-20(14-11-16-7-2-1-3-8-16)18(21)15-17-9-4-5-10-17/h1-3,7-8,17H,4-6,9-11,13-15H2. The van der Waals surface area contributed by atoms with Crippen LogP contribution >= 0.6 is 0 Å². The Kier molecular flexibility index (Phi) is 6.27. The summed E-state index contributed by atoms with van der Waals surface area (Å²) in [5, 5.41) is 8.78. The van der Waals surface area contributed by atoms with E-state index in [1.807, 2.05) is 23.1 Å². The molecule has 1 saturated carbocycles. The van der Waals surface area contributed by atoms with E-state index in [4.69, 9.17) is 5.26 Å². The summed E-state index contributed by atoms with van der Waals surface area (Å²) in [4.78, 5) is 14.3. The summed E-state index contributed by atoms with van der Waals surface area (Å²) in [5.41, 5.74) is 1.24. The van der Waals surface area contributed by atoms with Crippen LogP contribution in [0.25, 0.3) is 0 Å². The zero-order valence-corrected chi connectivity index (χ0v) is 12.6. The molecule has 0 unspecified atom stereocenters. The normalized spacial score (nSPS) is 14.8. The quantitative estimate of drug-likeness (QED) is 0.768. The molecule has 1 aliphatic carbocycles. The predicted octanol–water partition coefficient (Wildman–Crippen LogP) is 3.55. The van der Waals surface area contributed by atoms with E-state index < -0.39 is 0 Å². The summed E-state index contributed by atoms with van der Waals surface area (Å²) in [6, 6.07) is 12.4. The van der Waals surface area contributed by atoms with Crippen molar-refractivity contribution >= 4 is 5.91 Å². The topological polar surface area (TPSA) is 44.1 Å². The SMILES string of the molecule is N#CCCN(CCc1ccccc1)C(=O)CC1CCCC1. The van der Waals surface area contributed by atoms with E-state index >= 15 is 0 Å². The zero-order chi connectivity index (χ0) is 14.9.